The second kappa shape index (κ2) is 6.75. The lowest BCUT2D eigenvalue weighted by Crippen LogP contribution is -2.44. The maximum atomic E-state index is 12.6. The Morgan fingerprint density at radius 2 is 1.67 bits per heavy atom. The Morgan fingerprint density at radius 3 is 2.38 bits per heavy atom. The molecule has 0 unspecified atom stereocenters. The number of rotatable bonds is 5. The second-order valence-electron chi connectivity index (χ2n) is 5.87. The van der Waals surface area contributed by atoms with Crippen LogP contribution in [0.1, 0.15) is 0 Å². The van der Waals surface area contributed by atoms with Gasteiger partial charge in [0.2, 0.25) is 10.0 Å². The van der Waals surface area contributed by atoms with Gasteiger partial charge in [-0.1, -0.05) is 36.4 Å². The Hall–Kier alpha value is -1.55. The summed E-state index contributed by atoms with van der Waals surface area (Å²) in [6.45, 7) is -0.439. The van der Waals surface area contributed by atoms with Gasteiger partial charge >= 0.3 is 0 Å². The van der Waals surface area contributed by atoms with E-state index in [0.717, 1.165) is 5.39 Å². The van der Waals surface area contributed by atoms with Crippen LogP contribution >= 0.6 is 0 Å². The second-order valence-corrected chi connectivity index (χ2v) is 7.61. The molecule has 0 amide bonds. The number of hydrogen-bond donors (Lipinski definition) is 5. The third-order valence-corrected chi connectivity index (χ3v) is 5.81. The van der Waals surface area contributed by atoms with Crippen LogP contribution in [0.3, 0.4) is 0 Å². The summed E-state index contributed by atoms with van der Waals surface area (Å²) in [6.07, 6.45) is -2.29. The van der Waals surface area contributed by atoms with Crippen molar-refractivity contribution in [2.24, 2.45) is 0 Å². The molecule has 0 spiro atoms. The van der Waals surface area contributed by atoms with E-state index in [0.29, 0.717) is 5.39 Å². The van der Waals surface area contributed by atoms with E-state index in [-0.39, 0.29) is 18.0 Å². The fraction of sp³-hybridized carbons (Fsp3) is 0.375. The first-order valence-corrected chi connectivity index (χ1v) is 9.13. The van der Waals surface area contributed by atoms with E-state index in [4.69, 9.17) is 5.11 Å². The van der Waals surface area contributed by atoms with Crippen molar-refractivity contribution in [3.63, 3.8) is 0 Å². The van der Waals surface area contributed by atoms with Crippen LogP contribution in [0, 0.1) is 0 Å². The van der Waals surface area contributed by atoms with Gasteiger partial charge in [-0.25, -0.2) is 13.1 Å². The van der Waals surface area contributed by atoms with Crippen molar-refractivity contribution in [1.29, 1.82) is 0 Å². The van der Waals surface area contributed by atoms with E-state index >= 15 is 0 Å². The van der Waals surface area contributed by atoms with Crippen LogP contribution < -0.4 is 10.0 Å². The average Bonchev–Trinajstić information content (AvgIpc) is 2.87. The zero-order valence-electron chi connectivity index (χ0n) is 12.8. The Labute approximate surface area is 140 Å². The van der Waals surface area contributed by atoms with Gasteiger partial charge in [0, 0.05) is 18.0 Å². The molecule has 0 radical (unpaired) electrons. The number of aliphatic hydroxyl groups excluding tert-OH is 3. The first-order valence-electron chi connectivity index (χ1n) is 7.64. The van der Waals surface area contributed by atoms with E-state index < -0.39 is 34.3 Å². The molecule has 1 saturated heterocycles. The van der Waals surface area contributed by atoms with Crippen LogP contribution in [0.4, 0.5) is 0 Å². The summed E-state index contributed by atoms with van der Waals surface area (Å²) in [5.74, 6) is 0. The third-order valence-electron chi connectivity index (χ3n) is 4.33. The lowest BCUT2D eigenvalue weighted by molar-refractivity contribution is 0.0202. The van der Waals surface area contributed by atoms with E-state index in [9.17, 15) is 18.6 Å². The van der Waals surface area contributed by atoms with Gasteiger partial charge in [0.25, 0.3) is 0 Å². The van der Waals surface area contributed by atoms with Crippen molar-refractivity contribution < 1.29 is 23.7 Å². The standard InChI is InChI=1S/C16H20N2O5S/c19-9-13-16(21)15(20)12(18-13)8-17-24(22,23)14-7-3-5-10-4-1-2-6-11(10)14/h1-7,12-13,15-21H,8-9H2/t12-,13-,15-,16-/m1/s1. The highest BCUT2D eigenvalue weighted by atomic mass is 32.2. The molecule has 1 heterocycles. The molecule has 1 aliphatic rings. The third kappa shape index (κ3) is 3.16. The molecule has 0 aliphatic carbocycles. The van der Waals surface area contributed by atoms with Gasteiger partial charge in [0.1, 0.15) is 0 Å². The molecule has 1 fully saturated rings. The van der Waals surface area contributed by atoms with Crippen molar-refractivity contribution in [3.05, 3.63) is 42.5 Å². The molecule has 0 bridgehead atoms. The van der Waals surface area contributed by atoms with Gasteiger partial charge in [0.05, 0.1) is 29.8 Å². The molecule has 3 rings (SSSR count). The Kier molecular flexibility index (Phi) is 4.86. The first kappa shape index (κ1) is 17.3. The highest BCUT2D eigenvalue weighted by Crippen LogP contribution is 2.23. The lowest BCUT2D eigenvalue weighted by Gasteiger charge is -2.17. The number of aliphatic hydroxyl groups is 3. The van der Waals surface area contributed by atoms with Gasteiger partial charge in [-0.15, -0.1) is 0 Å². The summed E-state index contributed by atoms with van der Waals surface area (Å²) in [4.78, 5) is 0.160. The van der Waals surface area contributed by atoms with Crippen LogP contribution in [0.15, 0.2) is 47.4 Å². The smallest absolute Gasteiger partial charge is 0.241 e. The molecule has 2 aromatic carbocycles. The largest absolute Gasteiger partial charge is 0.395 e. The zero-order chi connectivity index (χ0) is 17.3. The highest BCUT2D eigenvalue weighted by molar-refractivity contribution is 7.89. The molecule has 7 nitrogen and oxygen atoms in total. The monoisotopic (exact) mass is 352 g/mol. The summed E-state index contributed by atoms with van der Waals surface area (Å²) >= 11 is 0. The fourth-order valence-electron chi connectivity index (χ4n) is 3.00. The van der Waals surface area contributed by atoms with Crippen LogP contribution in [0.2, 0.25) is 0 Å². The van der Waals surface area contributed by atoms with Crippen LogP contribution in [0.5, 0.6) is 0 Å². The summed E-state index contributed by atoms with van der Waals surface area (Å²) in [6, 6.07) is 10.8. The minimum atomic E-state index is -3.78. The summed E-state index contributed by atoms with van der Waals surface area (Å²) in [5.41, 5.74) is 0. The molecule has 8 heteroatoms. The molecular formula is C16H20N2O5S. The molecule has 2 aromatic rings. The number of fused-ring (bicyclic) bond motifs is 1. The SMILES string of the molecule is O=S(=O)(NC[C@H]1N[C@H](CO)[C@@H](O)[C@@H]1O)c1cccc2ccccc12. The van der Waals surface area contributed by atoms with Crippen LogP contribution in [-0.2, 0) is 10.0 Å². The van der Waals surface area contributed by atoms with E-state index in [1.165, 1.54) is 6.07 Å². The molecule has 5 N–H and O–H groups in total. The number of hydrogen-bond acceptors (Lipinski definition) is 6. The van der Waals surface area contributed by atoms with Crippen molar-refractivity contribution >= 4 is 20.8 Å². The normalized spacial score (nSPS) is 27.6. The fourth-order valence-corrected chi connectivity index (χ4v) is 4.28. The van der Waals surface area contributed by atoms with Gasteiger partial charge in [0.15, 0.2) is 0 Å². The van der Waals surface area contributed by atoms with E-state index in [1.807, 2.05) is 18.2 Å². The minimum absolute atomic E-state index is 0.0969. The minimum Gasteiger partial charge on any atom is -0.395 e. The highest BCUT2D eigenvalue weighted by Gasteiger charge is 2.40. The number of sulfonamides is 1. The molecule has 4 atom stereocenters. The molecule has 1 aliphatic heterocycles. The van der Waals surface area contributed by atoms with Crippen molar-refractivity contribution in [1.82, 2.24) is 10.0 Å². The van der Waals surface area contributed by atoms with Crippen LogP contribution in [-0.4, -0.2) is 61.2 Å². The Balaban J connectivity index is 1.79. The van der Waals surface area contributed by atoms with Gasteiger partial charge in [-0.05, 0) is 11.5 Å². The first-order chi connectivity index (χ1) is 11.4. The van der Waals surface area contributed by atoms with Crippen LogP contribution in [0.25, 0.3) is 10.8 Å². The maximum absolute atomic E-state index is 12.6. The molecular weight excluding hydrogens is 332 g/mol. The molecule has 130 valence electrons. The summed E-state index contributed by atoms with van der Waals surface area (Å²) < 4.78 is 27.7. The van der Waals surface area contributed by atoms with Crippen molar-refractivity contribution in [3.8, 4) is 0 Å². The Morgan fingerprint density at radius 1 is 1.00 bits per heavy atom. The number of nitrogens with one attached hydrogen (secondary N) is 2. The van der Waals surface area contributed by atoms with Gasteiger partial charge < -0.3 is 20.6 Å². The predicted octanol–water partition coefficient (Wildman–Crippen LogP) is -0.827. The average molecular weight is 352 g/mol. The zero-order valence-corrected chi connectivity index (χ0v) is 13.6. The summed E-state index contributed by atoms with van der Waals surface area (Å²) in [5, 5.41) is 33.1. The van der Waals surface area contributed by atoms with Gasteiger partial charge in [-0.2, -0.15) is 0 Å². The molecule has 24 heavy (non-hydrogen) atoms. The van der Waals surface area contributed by atoms with Crippen molar-refractivity contribution in [2.45, 2.75) is 29.2 Å². The molecule has 0 aromatic heterocycles. The van der Waals surface area contributed by atoms with Gasteiger partial charge in [-0.3, -0.25) is 0 Å². The van der Waals surface area contributed by atoms with E-state index in [1.54, 1.807) is 18.2 Å². The quantitative estimate of drug-likeness (QED) is 0.479. The van der Waals surface area contributed by atoms with Crippen molar-refractivity contribution in [2.75, 3.05) is 13.2 Å². The number of benzene rings is 2. The lowest BCUT2D eigenvalue weighted by atomic mass is 10.1. The molecule has 0 saturated carbocycles. The Bertz CT molecular complexity index is 821. The maximum Gasteiger partial charge on any atom is 0.241 e. The summed E-state index contributed by atoms with van der Waals surface area (Å²) in [7, 11) is -3.78. The predicted molar refractivity (Wildman–Crippen MR) is 88.9 cm³/mol. The van der Waals surface area contributed by atoms with E-state index in [2.05, 4.69) is 10.0 Å². The topological polar surface area (TPSA) is 119 Å².